The van der Waals surface area contributed by atoms with Gasteiger partial charge in [-0.2, -0.15) is 0 Å². The van der Waals surface area contributed by atoms with Crippen molar-refractivity contribution in [1.29, 1.82) is 0 Å². The zero-order valence-corrected chi connectivity index (χ0v) is 14.0. The monoisotopic (exact) mass is 346 g/mol. The van der Waals surface area contributed by atoms with E-state index in [2.05, 4.69) is 0 Å². The number of hydrogen-bond acceptors (Lipinski definition) is 4. The van der Waals surface area contributed by atoms with Gasteiger partial charge in [0.2, 0.25) is 0 Å². The standard InChI is InChI=1S/C22H18O4/c23-18-12-7-13-21(26-15-16-8-3-1-4-9-16)22(18)20(25)14-19(24)17-10-5-2-6-11-17/h1-14,23-24H,15H2/b19-14-. The van der Waals surface area contributed by atoms with Gasteiger partial charge < -0.3 is 14.9 Å². The summed E-state index contributed by atoms with van der Waals surface area (Å²) in [5, 5.41) is 20.3. The number of rotatable bonds is 6. The van der Waals surface area contributed by atoms with Crippen molar-refractivity contribution in [3.05, 3.63) is 102 Å². The Morgan fingerprint density at radius 3 is 2.23 bits per heavy atom. The largest absolute Gasteiger partial charge is 0.507 e. The summed E-state index contributed by atoms with van der Waals surface area (Å²) < 4.78 is 5.72. The van der Waals surface area contributed by atoms with E-state index < -0.39 is 5.78 Å². The van der Waals surface area contributed by atoms with Gasteiger partial charge in [0.15, 0.2) is 5.78 Å². The average molecular weight is 346 g/mol. The molecule has 26 heavy (non-hydrogen) atoms. The molecule has 4 nitrogen and oxygen atoms in total. The van der Waals surface area contributed by atoms with Crippen LogP contribution in [0.3, 0.4) is 0 Å². The Balaban J connectivity index is 1.86. The number of aromatic hydroxyl groups is 1. The third-order valence-electron chi connectivity index (χ3n) is 3.83. The van der Waals surface area contributed by atoms with Crippen molar-refractivity contribution in [3.8, 4) is 11.5 Å². The lowest BCUT2D eigenvalue weighted by Crippen LogP contribution is -2.03. The van der Waals surface area contributed by atoms with Gasteiger partial charge in [0, 0.05) is 11.6 Å². The number of allylic oxidation sites excluding steroid dienone is 1. The number of aliphatic hydroxyl groups is 1. The maximum absolute atomic E-state index is 12.6. The topological polar surface area (TPSA) is 66.8 Å². The molecule has 2 N–H and O–H groups in total. The van der Waals surface area contributed by atoms with Crippen molar-refractivity contribution in [2.75, 3.05) is 0 Å². The van der Waals surface area contributed by atoms with E-state index in [0.29, 0.717) is 5.56 Å². The van der Waals surface area contributed by atoms with Crippen molar-refractivity contribution >= 4 is 11.5 Å². The number of carbonyl (C=O) groups is 1. The Morgan fingerprint density at radius 1 is 0.885 bits per heavy atom. The fourth-order valence-corrected chi connectivity index (χ4v) is 2.51. The van der Waals surface area contributed by atoms with Crippen LogP contribution in [0.25, 0.3) is 5.76 Å². The van der Waals surface area contributed by atoms with E-state index in [1.165, 1.54) is 6.07 Å². The van der Waals surface area contributed by atoms with Gasteiger partial charge in [-0.25, -0.2) is 0 Å². The lowest BCUT2D eigenvalue weighted by atomic mass is 10.1. The summed E-state index contributed by atoms with van der Waals surface area (Å²) in [4.78, 5) is 12.6. The second kappa shape index (κ2) is 8.03. The minimum Gasteiger partial charge on any atom is -0.507 e. The third-order valence-corrected chi connectivity index (χ3v) is 3.83. The summed E-state index contributed by atoms with van der Waals surface area (Å²) in [6.07, 6.45) is 1.08. The van der Waals surface area contributed by atoms with Gasteiger partial charge in [-0.15, -0.1) is 0 Å². The smallest absolute Gasteiger partial charge is 0.197 e. The molecule has 0 amide bonds. The number of hydrogen-bond donors (Lipinski definition) is 2. The summed E-state index contributed by atoms with van der Waals surface area (Å²) in [5.41, 5.74) is 1.48. The van der Waals surface area contributed by atoms with E-state index in [4.69, 9.17) is 4.74 Å². The number of phenolic OH excluding ortho intramolecular Hbond substituents is 1. The molecule has 4 heteroatoms. The molecule has 0 aliphatic carbocycles. The summed E-state index contributed by atoms with van der Waals surface area (Å²) in [6.45, 7) is 0.263. The molecule has 0 unspecified atom stereocenters. The van der Waals surface area contributed by atoms with Crippen LogP contribution in [0.2, 0.25) is 0 Å². The van der Waals surface area contributed by atoms with E-state index in [0.717, 1.165) is 11.6 Å². The van der Waals surface area contributed by atoms with E-state index in [9.17, 15) is 15.0 Å². The summed E-state index contributed by atoms with van der Waals surface area (Å²) in [6, 6.07) is 22.9. The molecular weight excluding hydrogens is 328 g/mol. The molecule has 3 rings (SSSR count). The highest BCUT2D eigenvalue weighted by atomic mass is 16.5. The lowest BCUT2D eigenvalue weighted by molar-refractivity contribution is 0.103. The van der Waals surface area contributed by atoms with Crippen LogP contribution in [0.4, 0.5) is 0 Å². The number of aliphatic hydroxyl groups excluding tert-OH is 1. The van der Waals surface area contributed by atoms with E-state index >= 15 is 0 Å². The number of benzene rings is 3. The van der Waals surface area contributed by atoms with Crippen LogP contribution in [0.15, 0.2) is 84.9 Å². The first-order valence-corrected chi connectivity index (χ1v) is 8.14. The van der Waals surface area contributed by atoms with Crippen LogP contribution in [0.1, 0.15) is 21.5 Å². The highest BCUT2D eigenvalue weighted by Crippen LogP contribution is 2.29. The lowest BCUT2D eigenvalue weighted by Gasteiger charge is -2.11. The first kappa shape index (κ1) is 17.3. The molecule has 0 bridgehead atoms. The van der Waals surface area contributed by atoms with Crippen LogP contribution in [-0.2, 0) is 6.61 Å². The third kappa shape index (κ3) is 4.11. The zero-order chi connectivity index (χ0) is 18.4. The molecule has 0 aliphatic rings. The van der Waals surface area contributed by atoms with Gasteiger partial charge in [-0.1, -0.05) is 66.7 Å². The molecule has 0 fully saturated rings. The van der Waals surface area contributed by atoms with Crippen LogP contribution in [-0.4, -0.2) is 16.0 Å². The molecule has 0 aromatic heterocycles. The summed E-state index contributed by atoms with van der Waals surface area (Å²) >= 11 is 0. The number of ether oxygens (including phenoxy) is 1. The van der Waals surface area contributed by atoms with Gasteiger partial charge in [0.1, 0.15) is 29.4 Å². The average Bonchev–Trinajstić information content (AvgIpc) is 2.67. The van der Waals surface area contributed by atoms with Crippen molar-refractivity contribution in [3.63, 3.8) is 0 Å². The van der Waals surface area contributed by atoms with Gasteiger partial charge in [-0.3, -0.25) is 4.79 Å². The molecule has 3 aromatic carbocycles. The van der Waals surface area contributed by atoms with E-state index in [-0.39, 0.29) is 29.4 Å². The molecule has 0 saturated carbocycles. The molecule has 0 radical (unpaired) electrons. The minimum absolute atomic E-state index is 0.0194. The predicted octanol–water partition coefficient (Wildman–Crippen LogP) is 4.75. The van der Waals surface area contributed by atoms with Crippen molar-refractivity contribution in [2.24, 2.45) is 0 Å². The second-order valence-corrected chi connectivity index (χ2v) is 5.68. The Bertz CT molecular complexity index is 915. The fraction of sp³-hybridized carbons (Fsp3) is 0.0455. The van der Waals surface area contributed by atoms with Gasteiger partial charge in [-0.05, 0) is 17.7 Å². The quantitative estimate of drug-likeness (QED) is 0.384. The first-order valence-electron chi connectivity index (χ1n) is 8.14. The zero-order valence-electron chi connectivity index (χ0n) is 14.0. The van der Waals surface area contributed by atoms with Gasteiger partial charge in [0.25, 0.3) is 0 Å². The molecule has 130 valence electrons. The van der Waals surface area contributed by atoms with Crippen molar-refractivity contribution in [2.45, 2.75) is 6.61 Å². The van der Waals surface area contributed by atoms with Crippen LogP contribution in [0, 0.1) is 0 Å². The normalized spacial score (nSPS) is 11.2. The summed E-state index contributed by atoms with van der Waals surface area (Å²) in [5.74, 6) is -0.644. The number of carbonyl (C=O) groups excluding carboxylic acids is 1. The second-order valence-electron chi connectivity index (χ2n) is 5.68. The minimum atomic E-state index is -0.535. The van der Waals surface area contributed by atoms with Crippen LogP contribution >= 0.6 is 0 Å². The van der Waals surface area contributed by atoms with E-state index in [1.54, 1.807) is 36.4 Å². The molecular formula is C22H18O4. The van der Waals surface area contributed by atoms with E-state index in [1.807, 2.05) is 36.4 Å². The number of phenols is 1. The Labute approximate surface area is 151 Å². The molecule has 0 aliphatic heterocycles. The van der Waals surface area contributed by atoms with Crippen LogP contribution < -0.4 is 4.74 Å². The Hall–Kier alpha value is -3.53. The predicted molar refractivity (Wildman–Crippen MR) is 100 cm³/mol. The summed E-state index contributed by atoms with van der Waals surface area (Å²) in [7, 11) is 0. The van der Waals surface area contributed by atoms with Crippen molar-refractivity contribution < 1.29 is 19.7 Å². The molecule has 0 atom stereocenters. The number of ketones is 1. The van der Waals surface area contributed by atoms with Crippen molar-refractivity contribution in [1.82, 2.24) is 0 Å². The SMILES string of the molecule is O=C(/C=C(\O)c1ccccc1)c1c(O)cccc1OCc1ccccc1. The van der Waals surface area contributed by atoms with Gasteiger partial charge in [0.05, 0.1) is 0 Å². The maximum atomic E-state index is 12.6. The van der Waals surface area contributed by atoms with Crippen LogP contribution in [0.5, 0.6) is 11.5 Å². The highest BCUT2D eigenvalue weighted by Gasteiger charge is 2.17. The molecule has 0 spiro atoms. The Morgan fingerprint density at radius 2 is 1.54 bits per heavy atom. The fourth-order valence-electron chi connectivity index (χ4n) is 2.51. The first-order chi connectivity index (χ1) is 12.6. The highest BCUT2D eigenvalue weighted by molar-refractivity contribution is 6.11. The van der Waals surface area contributed by atoms with Gasteiger partial charge >= 0.3 is 0 Å². The molecule has 0 heterocycles. The maximum Gasteiger partial charge on any atom is 0.197 e. The molecule has 0 saturated heterocycles. The molecule has 3 aromatic rings. The Kier molecular flexibility index (Phi) is 5.34.